The molecule has 1 N–H and O–H groups in total. The first-order chi connectivity index (χ1) is 9.83. The van der Waals surface area contributed by atoms with E-state index >= 15 is 0 Å². The number of benzene rings is 2. The quantitative estimate of drug-likeness (QED) is 0.540. The van der Waals surface area contributed by atoms with Crippen LogP contribution < -0.4 is 0 Å². The van der Waals surface area contributed by atoms with Crippen LogP contribution in [-0.2, 0) is 6.42 Å². The molecule has 0 spiro atoms. The molecule has 0 aliphatic carbocycles. The third kappa shape index (κ3) is 5.52. The zero-order valence-electron chi connectivity index (χ0n) is 10.8. The van der Waals surface area contributed by atoms with Gasteiger partial charge in [-0.25, -0.2) is 0 Å². The molecular formula is C15H12F3IOS. The number of alkyl halides is 3. The van der Waals surface area contributed by atoms with Crippen LogP contribution in [0.3, 0.4) is 0 Å². The summed E-state index contributed by atoms with van der Waals surface area (Å²) in [6, 6.07) is 13.6. The van der Waals surface area contributed by atoms with E-state index in [0.29, 0.717) is 12.0 Å². The average molecular weight is 424 g/mol. The van der Waals surface area contributed by atoms with E-state index in [1.54, 1.807) is 0 Å². The van der Waals surface area contributed by atoms with Crippen LogP contribution in [0.4, 0.5) is 13.2 Å². The van der Waals surface area contributed by atoms with Crippen LogP contribution in [0, 0.1) is 3.57 Å². The number of aliphatic hydroxyl groups excluding tert-OH is 1. The lowest BCUT2D eigenvalue weighted by Gasteiger charge is -2.12. The third-order valence-electron chi connectivity index (χ3n) is 2.84. The van der Waals surface area contributed by atoms with Gasteiger partial charge in [0.15, 0.2) is 0 Å². The molecule has 6 heteroatoms. The van der Waals surface area contributed by atoms with E-state index in [0.717, 1.165) is 9.13 Å². The molecule has 1 nitrogen and oxygen atoms in total. The van der Waals surface area contributed by atoms with Gasteiger partial charge in [-0.2, -0.15) is 13.2 Å². The Kier molecular flexibility index (Phi) is 5.56. The highest BCUT2D eigenvalue weighted by Crippen LogP contribution is 2.37. The Labute approximate surface area is 138 Å². The second-order valence-corrected chi connectivity index (χ2v) is 6.85. The number of hydrogen-bond donors (Lipinski definition) is 1. The van der Waals surface area contributed by atoms with Crippen LogP contribution in [0.5, 0.6) is 0 Å². The highest BCUT2D eigenvalue weighted by Gasteiger charge is 2.29. The molecule has 1 unspecified atom stereocenters. The molecule has 1 atom stereocenters. The molecule has 0 amide bonds. The molecule has 0 saturated carbocycles. The zero-order chi connectivity index (χ0) is 15.5. The fourth-order valence-electron chi connectivity index (χ4n) is 1.85. The van der Waals surface area contributed by atoms with Crippen molar-refractivity contribution in [1.82, 2.24) is 0 Å². The SMILES string of the molecule is OC(Cc1ccc(I)cc1)c1ccc(SC(F)(F)F)cc1. The highest BCUT2D eigenvalue weighted by atomic mass is 127. The molecule has 0 fully saturated rings. The summed E-state index contributed by atoms with van der Waals surface area (Å²) in [7, 11) is 0. The number of rotatable bonds is 4. The number of thioether (sulfide) groups is 1. The lowest BCUT2D eigenvalue weighted by Crippen LogP contribution is -2.02. The van der Waals surface area contributed by atoms with E-state index in [1.807, 2.05) is 24.3 Å². The molecule has 0 aromatic heterocycles. The first-order valence-electron chi connectivity index (χ1n) is 6.12. The van der Waals surface area contributed by atoms with Crippen molar-refractivity contribution in [2.75, 3.05) is 0 Å². The maximum atomic E-state index is 12.2. The van der Waals surface area contributed by atoms with Crippen molar-refractivity contribution < 1.29 is 18.3 Å². The van der Waals surface area contributed by atoms with Gasteiger partial charge >= 0.3 is 5.51 Å². The molecule has 112 valence electrons. The first kappa shape index (κ1) is 16.6. The molecule has 0 bridgehead atoms. The summed E-state index contributed by atoms with van der Waals surface area (Å²) in [6.45, 7) is 0. The Bertz CT molecular complexity index is 581. The maximum Gasteiger partial charge on any atom is 0.446 e. The van der Waals surface area contributed by atoms with Gasteiger partial charge in [-0.3, -0.25) is 0 Å². The molecule has 2 aromatic rings. The molecule has 0 aliphatic rings. The Morgan fingerprint density at radius 2 is 1.57 bits per heavy atom. The van der Waals surface area contributed by atoms with E-state index in [4.69, 9.17) is 0 Å². The lowest BCUT2D eigenvalue weighted by molar-refractivity contribution is -0.0328. The molecular weight excluding hydrogens is 412 g/mol. The van der Waals surface area contributed by atoms with Gasteiger partial charge < -0.3 is 5.11 Å². The summed E-state index contributed by atoms with van der Waals surface area (Å²) in [6.07, 6.45) is -0.294. The minimum atomic E-state index is -4.29. The van der Waals surface area contributed by atoms with Crippen molar-refractivity contribution in [2.24, 2.45) is 0 Å². The second-order valence-electron chi connectivity index (χ2n) is 4.46. The molecule has 0 aliphatic heterocycles. The summed E-state index contributed by atoms with van der Waals surface area (Å²) in [4.78, 5) is 0.118. The molecule has 0 saturated heterocycles. The molecule has 2 aromatic carbocycles. The number of hydrogen-bond acceptors (Lipinski definition) is 2. The van der Waals surface area contributed by atoms with Crippen LogP contribution in [0.1, 0.15) is 17.2 Å². The van der Waals surface area contributed by atoms with E-state index in [9.17, 15) is 18.3 Å². The van der Waals surface area contributed by atoms with Gasteiger partial charge in [-0.15, -0.1) is 0 Å². The average Bonchev–Trinajstić information content (AvgIpc) is 2.40. The molecule has 0 radical (unpaired) electrons. The topological polar surface area (TPSA) is 20.2 Å². The Morgan fingerprint density at radius 1 is 1.00 bits per heavy atom. The van der Waals surface area contributed by atoms with Gasteiger partial charge in [0.2, 0.25) is 0 Å². The van der Waals surface area contributed by atoms with Crippen LogP contribution in [0.25, 0.3) is 0 Å². The second kappa shape index (κ2) is 7.02. The van der Waals surface area contributed by atoms with Crippen molar-refractivity contribution in [2.45, 2.75) is 22.9 Å². The minimum Gasteiger partial charge on any atom is -0.388 e. The minimum absolute atomic E-state index is 0.118. The van der Waals surface area contributed by atoms with Gasteiger partial charge in [0.25, 0.3) is 0 Å². The van der Waals surface area contributed by atoms with Crippen molar-refractivity contribution in [3.8, 4) is 0 Å². The van der Waals surface area contributed by atoms with E-state index in [1.165, 1.54) is 24.3 Å². The van der Waals surface area contributed by atoms with E-state index < -0.39 is 11.6 Å². The highest BCUT2D eigenvalue weighted by molar-refractivity contribution is 14.1. The lowest BCUT2D eigenvalue weighted by atomic mass is 10.0. The van der Waals surface area contributed by atoms with Crippen LogP contribution in [-0.4, -0.2) is 10.6 Å². The van der Waals surface area contributed by atoms with E-state index in [2.05, 4.69) is 22.6 Å². The van der Waals surface area contributed by atoms with Crippen LogP contribution in [0.15, 0.2) is 53.4 Å². The molecule has 0 heterocycles. The van der Waals surface area contributed by atoms with Gasteiger partial charge in [-0.05, 0) is 69.7 Å². The van der Waals surface area contributed by atoms with E-state index in [-0.39, 0.29) is 16.7 Å². The largest absolute Gasteiger partial charge is 0.446 e. The summed E-state index contributed by atoms with van der Waals surface area (Å²) in [5.74, 6) is 0. The Morgan fingerprint density at radius 3 is 2.10 bits per heavy atom. The monoisotopic (exact) mass is 424 g/mol. The number of halogens is 4. The van der Waals surface area contributed by atoms with Gasteiger partial charge in [-0.1, -0.05) is 24.3 Å². The fourth-order valence-corrected chi connectivity index (χ4v) is 2.75. The predicted molar refractivity (Wildman–Crippen MR) is 86.2 cm³/mol. The Balaban J connectivity index is 2.02. The summed E-state index contributed by atoms with van der Waals surface area (Å²) in [5.41, 5.74) is -2.70. The summed E-state index contributed by atoms with van der Waals surface area (Å²) < 4.78 is 37.8. The summed E-state index contributed by atoms with van der Waals surface area (Å²) >= 11 is 2.04. The van der Waals surface area contributed by atoms with Crippen molar-refractivity contribution in [1.29, 1.82) is 0 Å². The fraction of sp³-hybridized carbons (Fsp3) is 0.200. The van der Waals surface area contributed by atoms with Crippen molar-refractivity contribution >= 4 is 34.4 Å². The van der Waals surface area contributed by atoms with Crippen LogP contribution in [0.2, 0.25) is 0 Å². The smallest absolute Gasteiger partial charge is 0.388 e. The third-order valence-corrected chi connectivity index (χ3v) is 4.30. The van der Waals surface area contributed by atoms with Gasteiger partial charge in [0, 0.05) is 14.9 Å². The first-order valence-corrected chi connectivity index (χ1v) is 8.01. The molecule has 21 heavy (non-hydrogen) atoms. The normalized spacial score (nSPS) is 13.2. The van der Waals surface area contributed by atoms with Crippen LogP contribution >= 0.6 is 34.4 Å². The standard InChI is InChI=1S/C15H12F3IOS/c16-15(17,18)21-13-7-3-11(4-8-13)14(20)9-10-1-5-12(19)6-2-10/h1-8,14,20H,9H2. The summed E-state index contributed by atoms with van der Waals surface area (Å²) in [5, 5.41) is 10.1. The van der Waals surface area contributed by atoms with Gasteiger partial charge in [0.1, 0.15) is 0 Å². The zero-order valence-corrected chi connectivity index (χ0v) is 13.7. The van der Waals surface area contributed by atoms with Gasteiger partial charge in [0.05, 0.1) is 6.10 Å². The maximum absolute atomic E-state index is 12.2. The number of aliphatic hydroxyl groups is 1. The van der Waals surface area contributed by atoms with Crippen molar-refractivity contribution in [3.63, 3.8) is 0 Å². The predicted octanol–water partition coefficient (Wildman–Crippen LogP) is 5.18. The van der Waals surface area contributed by atoms with Crippen molar-refractivity contribution in [3.05, 3.63) is 63.2 Å². The Hall–Kier alpha value is -0.730. The molecule has 2 rings (SSSR count).